The number of hydrogen-bond donors (Lipinski definition) is 1. The number of aryl methyl sites for hydroxylation is 1. The van der Waals surface area contributed by atoms with Crippen LogP contribution in [-0.4, -0.2) is 34.7 Å². The van der Waals surface area contributed by atoms with E-state index in [4.69, 9.17) is 0 Å². The summed E-state index contributed by atoms with van der Waals surface area (Å²) in [5.41, 5.74) is 5.14. The number of hydrogen-bond acceptors (Lipinski definition) is 5. The van der Waals surface area contributed by atoms with Crippen LogP contribution in [0.25, 0.3) is 22.5 Å². The Labute approximate surface area is 211 Å². The zero-order chi connectivity index (χ0) is 25.2. The smallest absolute Gasteiger partial charge is 0.295 e. The molecule has 3 unspecified atom stereocenters. The molecule has 3 heterocycles. The highest BCUT2D eigenvalue weighted by molar-refractivity contribution is 5.81. The van der Waals surface area contributed by atoms with Crippen LogP contribution in [0.1, 0.15) is 64.3 Å². The van der Waals surface area contributed by atoms with Crippen LogP contribution in [0.2, 0.25) is 0 Å². The molecule has 188 valence electrons. The summed E-state index contributed by atoms with van der Waals surface area (Å²) in [6.45, 7) is 9.46. The Hall–Kier alpha value is -3.55. The van der Waals surface area contributed by atoms with Gasteiger partial charge in [0.1, 0.15) is 0 Å². The highest BCUT2D eigenvalue weighted by atomic mass is 16.1. The summed E-state index contributed by atoms with van der Waals surface area (Å²) >= 11 is 0. The summed E-state index contributed by atoms with van der Waals surface area (Å²) in [5, 5.41) is 14.5. The number of benzene rings is 1. The third-order valence-electron chi connectivity index (χ3n) is 7.67. The van der Waals surface area contributed by atoms with Gasteiger partial charge in [0, 0.05) is 35.9 Å². The van der Waals surface area contributed by atoms with E-state index in [1.54, 1.807) is 6.20 Å². The first-order chi connectivity index (χ1) is 17.5. The van der Waals surface area contributed by atoms with Gasteiger partial charge in [-0.15, -0.1) is 5.10 Å². The van der Waals surface area contributed by atoms with Crippen LogP contribution in [0, 0.1) is 17.8 Å². The molecule has 0 saturated heterocycles. The SMILES string of the molecule is CCCCc1cn(C2C(CC)C2C(C)C)c(=O)n1Cc1cnccc1-c1ccccc1-c1nnn[nH]1. The molecule has 1 saturated carbocycles. The number of tetrazole rings is 1. The third-order valence-corrected chi connectivity index (χ3v) is 7.67. The van der Waals surface area contributed by atoms with Crippen molar-refractivity contribution < 1.29 is 0 Å². The number of pyridine rings is 1. The lowest BCUT2D eigenvalue weighted by molar-refractivity contribution is 0.489. The summed E-state index contributed by atoms with van der Waals surface area (Å²) in [7, 11) is 0. The fourth-order valence-electron chi connectivity index (χ4n) is 5.85. The fourth-order valence-corrected chi connectivity index (χ4v) is 5.85. The molecule has 1 aliphatic carbocycles. The largest absolute Gasteiger partial charge is 0.328 e. The van der Waals surface area contributed by atoms with Crippen LogP contribution in [0.3, 0.4) is 0 Å². The maximum Gasteiger partial charge on any atom is 0.328 e. The van der Waals surface area contributed by atoms with E-state index >= 15 is 0 Å². The minimum Gasteiger partial charge on any atom is -0.295 e. The molecule has 0 amide bonds. The van der Waals surface area contributed by atoms with Gasteiger partial charge in [0.15, 0.2) is 5.82 Å². The van der Waals surface area contributed by atoms with E-state index < -0.39 is 0 Å². The topological polar surface area (TPSA) is 94.3 Å². The number of nitrogens with zero attached hydrogens (tertiary/aromatic N) is 6. The lowest BCUT2D eigenvalue weighted by atomic mass is 9.96. The molecule has 3 atom stereocenters. The van der Waals surface area contributed by atoms with Gasteiger partial charge < -0.3 is 0 Å². The van der Waals surface area contributed by atoms with Crippen LogP contribution in [0.5, 0.6) is 0 Å². The molecule has 8 nitrogen and oxygen atoms in total. The predicted molar refractivity (Wildman–Crippen MR) is 140 cm³/mol. The lowest BCUT2D eigenvalue weighted by Crippen LogP contribution is -2.26. The molecule has 4 aromatic rings. The van der Waals surface area contributed by atoms with Crippen molar-refractivity contribution in [1.29, 1.82) is 0 Å². The van der Waals surface area contributed by atoms with Crippen LogP contribution < -0.4 is 5.69 Å². The summed E-state index contributed by atoms with van der Waals surface area (Å²) in [6, 6.07) is 10.4. The van der Waals surface area contributed by atoms with Gasteiger partial charge in [-0.3, -0.25) is 14.1 Å². The van der Waals surface area contributed by atoms with Crippen molar-refractivity contribution in [3.8, 4) is 22.5 Å². The molecule has 0 spiro atoms. The van der Waals surface area contributed by atoms with Crippen molar-refractivity contribution in [2.24, 2.45) is 17.8 Å². The van der Waals surface area contributed by atoms with Crippen molar-refractivity contribution in [3.63, 3.8) is 0 Å². The van der Waals surface area contributed by atoms with Gasteiger partial charge in [-0.05, 0) is 63.8 Å². The van der Waals surface area contributed by atoms with Crippen LogP contribution in [0.4, 0.5) is 0 Å². The average Bonchev–Trinajstić information content (AvgIpc) is 3.21. The summed E-state index contributed by atoms with van der Waals surface area (Å²) in [4.78, 5) is 18.3. The van der Waals surface area contributed by atoms with Crippen LogP contribution >= 0.6 is 0 Å². The molecule has 1 N–H and O–H groups in total. The number of rotatable bonds is 10. The van der Waals surface area contributed by atoms with E-state index in [0.29, 0.717) is 36.2 Å². The Kier molecular flexibility index (Phi) is 6.85. The Bertz CT molecular complexity index is 1370. The van der Waals surface area contributed by atoms with E-state index in [9.17, 15) is 4.79 Å². The van der Waals surface area contributed by atoms with E-state index in [1.807, 2.05) is 39.6 Å². The minimum atomic E-state index is 0.0928. The standard InChI is InChI=1S/C28H35N7O/c1-5-7-10-20-17-35(26-21(6-2)25(26)18(3)4)28(36)34(20)16-19-15-29-14-13-22(19)23-11-8-9-12-24(23)27-30-32-33-31-27/h8-9,11-15,17-18,21,25-26H,5-7,10,16H2,1-4H3,(H,30,31,32,33). The average molecular weight is 486 g/mol. The lowest BCUT2D eigenvalue weighted by Gasteiger charge is -2.14. The molecule has 1 fully saturated rings. The molecule has 0 radical (unpaired) electrons. The first kappa shape index (κ1) is 24.2. The molecule has 36 heavy (non-hydrogen) atoms. The first-order valence-electron chi connectivity index (χ1n) is 13.1. The Balaban J connectivity index is 1.56. The number of unbranched alkanes of at least 4 members (excludes halogenated alkanes) is 1. The minimum absolute atomic E-state index is 0.0928. The maximum atomic E-state index is 13.8. The number of imidazole rings is 1. The summed E-state index contributed by atoms with van der Waals surface area (Å²) in [6.07, 6.45) is 9.95. The highest BCUT2D eigenvalue weighted by Gasteiger charge is 2.52. The van der Waals surface area contributed by atoms with Gasteiger partial charge in [0.25, 0.3) is 0 Å². The predicted octanol–water partition coefficient (Wildman–Crippen LogP) is 5.14. The van der Waals surface area contributed by atoms with Crippen molar-refractivity contribution in [3.05, 3.63) is 70.7 Å². The Morgan fingerprint density at radius 3 is 2.56 bits per heavy atom. The van der Waals surface area contributed by atoms with E-state index in [1.165, 1.54) is 0 Å². The Morgan fingerprint density at radius 2 is 1.89 bits per heavy atom. The van der Waals surface area contributed by atoms with E-state index in [0.717, 1.165) is 53.6 Å². The number of aromatic nitrogens is 7. The van der Waals surface area contributed by atoms with Crippen molar-refractivity contribution in [2.75, 3.05) is 0 Å². The van der Waals surface area contributed by atoms with Crippen LogP contribution in [0.15, 0.2) is 53.7 Å². The van der Waals surface area contributed by atoms with Gasteiger partial charge in [-0.25, -0.2) is 9.89 Å². The number of nitrogens with one attached hydrogen (secondary N) is 1. The number of H-pyrrole nitrogens is 1. The molecule has 3 aromatic heterocycles. The normalized spacial score (nSPS) is 19.2. The van der Waals surface area contributed by atoms with E-state index in [2.05, 4.69) is 65.6 Å². The first-order valence-corrected chi connectivity index (χ1v) is 13.1. The maximum absolute atomic E-state index is 13.8. The van der Waals surface area contributed by atoms with Crippen LogP contribution in [-0.2, 0) is 13.0 Å². The molecule has 1 aromatic carbocycles. The zero-order valence-electron chi connectivity index (χ0n) is 21.6. The molecular weight excluding hydrogens is 450 g/mol. The van der Waals surface area contributed by atoms with Gasteiger partial charge in [0.2, 0.25) is 0 Å². The third kappa shape index (κ3) is 4.40. The Morgan fingerprint density at radius 1 is 1.08 bits per heavy atom. The number of aromatic amines is 1. The molecule has 5 rings (SSSR count). The second-order valence-corrected chi connectivity index (χ2v) is 10.2. The highest BCUT2D eigenvalue weighted by Crippen LogP contribution is 2.56. The van der Waals surface area contributed by atoms with Crippen molar-refractivity contribution in [1.82, 2.24) is 34.7 Å². The second kappa shape index (κ2) is 10.2. The van der Waals surface area contributed by atoms with Gasteiger partial charge in [-0.2, -0.15) is 0 Å². The molecule has 8 heteroatoms. The molecule has 0 aliphatic heterocycles. The van der Waals surface area contributed by atoms with Gasteiger partial charge in [-0.1, -0.05) is 64.8 Å². The van der Waals surface area contributed by atoms with Crippen molar-refractivity contribution in [2.45, 2.75) is 66.0 Å². The summed E-state index contributed by atoms with van der Waals surface area (Å²) in [5.74, 6) is 2.33. The second-order valence-electron chi connectivity index (χ2n) is 10.2. The quantitative estimate of drug-likeness (QED) is 0.336. The summed E-state index contributed by atoms with van der Waals surface area (Å²) < 4.78 is 4.01. The molecule has 1 aliphatic rings. The monoisotopic (exact) mass is 485 g/mol. The molecular formula is C28H35N7O. The zero-order valence-corrected chi connectivity index (χ0v) is 21.6. The molecule has 0 bridgehead atoms. The van der Waals surface area contributed by atoms with Gasteiger partial charge >= 0.3 is 5.69 Å². The van der Waals surface area contributed by atoms with Crippen molar-refractivity contribution >= 4 is 0 Å². The van der Waals surface area contributed by atoms with Gasteiger partial charge in [0.05, 0.1) is 6.54 Å². The van der Waals surface area contributed by atoms with E-state index in [-0.39, 0.29) is 5.69 Å². The fraction of sp³-hybridized carbons (Fsp3) is 0.464.